The smallest absolute Gasteiger partial charge is 0.0726 e. The Balaban J connectivity index is 1.18. The molecule has 0 heterocycles. The van der Waals surface area contributed by atoms with E-state index in [4.69, 9.17) is 0 Å². The summed E-state index contributed by atoms with van der Waals surface area (Å²) in [6, 6.07) is 63.6. The number of hydrogen-bond donors (Lipinski definition) is 0. The Labute approximate surface area is 312 Å². The standard InChI is InChI=1S/C52H39N/c1-51(2)43-24-10-6-20-38(43)41-31-30-37(33-48(41)51)53(36-19-14-18-35(32-36)34-16-4-3-5-17-34)49-29-15-28-47-50(49)42-23-9-13-27-46(42)52(47)44-25-11-7-21-39(44)40-22-8-12-26-45(40)52/h3-29,31-33,37H,30H2,1-2H3. The van der Waals surface area contributed by atoms with Gasteiger partial charge in [0.25, 0.3) is 0 Å². The Bertz CT molecular complexity index is 2640. The maximum atomic E-state index is 2.66. The number of allylic oxidation sites excluding steroid dienone is 2. The summed E-state index contributed by atoms with van der Waals surface area (Å²) < 4.78 is 0. The molecule has 0 saturated carbocycles. The molecule has 0 aromatic heterocycles. The predicted octanol–water partition coefficient (Wildman–Crippen LogP) is 12.9. The molecule has 7 aromatic rings. The summed E-state index contributed by atoms with van der Waals surface area (Å²) in [5.74, 6) is 0. The van der Waals surface area contributed by atoms with Crippen LogP contribution in [0.25, 0.3) is 39.0 Å². The lowest BCUT2D eigenvalue weighted by Gasteiger charge is -2.37. The third kappa shape index (κ3) is 4.08. The molecule has 1 unspecified atom stereocenters. The normalized spacial score (nSPS) is 17.5. The SMILES string of the molecule is CC1(C)C2=CC(N(c3cccc(-c4ccccc4)c3)c3cccc4c3-c3ccccc3C43c4ccccc4-c4ccccc43)CC=C2c2ccccc21. The van der Waals surface area contributed by atoms with Crippen LogP contribution in [0.4, 0.5) is 11.4 Å². The van der Waals surface area contributed by atoms with E-state index < -0.39 is 0 Å². The van der Waals surface area contributed by atoms with Gasteiger partial charge in [-0.2, -0.15) is 0 Å². The van der Waals surface area contributed by atoms with E-state index in [0.29, 0.717) is 0 Å². The molecule has 0 bridgehead atoms. The molecule has 4 aliphatic carbocycles. The van der Waals surface area contributed by atoms with Crippen molar-refractivity contribution >= 4 is 16.9 Å². The monoisotopic (exact) mass is 677 g/mol. The average Bonchev–Trinajstić information content (AvgIpc) is 3.78. The number of rotatable bonds is 4. The Morgan fingerprint density at radius 3 is 1.75 bits per heavy atom. The summed E-state index contributed by atoms with van der Waals surface area (Å²) in [6.07, 6.45) is 6.03. The summed E-state index contributed by atoms with van der Waals surface area (Å²) in [7, 11) is 0. The van der Waals surface area contributed by atoms with Gasteiger partial charge in [-0.3, -0.25) is 0 Å². The minimum absolute atomic E-state index is 0.0782. The fraction of sp³-hybridized carbons (Fsp3) is 0.115. The lowest BCUT2D eigenvalue weighted by atomic mass is 9.70. The number of nitrogens with zero attached hydrogens (tertiary/aromatic N) is 1. The molecular formula is C52H39N. The van der Waals surface area contributed by atoms with Gasteiger partial charge in [0.15, 0.2) is 0 Å². The highest BCUT2D eigenvalue weighted by Crippen LogP contribution is 2.64. The number of hydrogen-bond acceptors (Lipinski definition) is 1. The summed E-state index contributed by atoms with van der Waals surface area (Å²) in [4.78, 5) is 2.66. The van der Waals surface area contributed by atoms with Crippen molar-refractivity contribution in [3.8, 4) is 33.4 Å². The first kappa shape index (κ1) is 30.4. The second kappa shape index (κ2) is 11.2. The first-order valence-electron chi connectivity index (χ1n) is 19.0. The molecule has 11 rings (SSSR count). The molecule has 252 valence electrons. The molecule has 0 amide bonds. The van der Waals surface area contributed by atoms with Crippen LogP contribution in [0.5, 0.6) is 0 Å². The van der Waals surface area contributed by atoms with E-state index in [1.54, 1.807) is 0 Å². The van der Waals surface area contributed by atoms with Crippen LogP contribution in [0.1, 0.15) is 53.6 Å². The van der Waals surface area contributed by atoms with Crippen LogP contribution in [0.2, 0.25) is 0 Å². The van der Waals surface area contributed by atoms with E-state index in [-0.39, 0.29) is 16.9 Å². The van der Waals surface area contributed by atoms with E-state index in [1.165, 1.54) is 89.3 Å². The molecule has 0 N–H and O–H groups in total. The summed E-state index contributed by atoms with van der Waals surface area (Å²) in [6.45, 7) is 4.80. The molecule has 0 saturated heterocycles. The van der Waals surface area contributed by atoms with E-state index in [2.05, 4.69) is 201 Å². The van der Waals surface area contributed by atoms with Crippen LogP contribution in [0.3, 0.4) is 0 Å². The quantitative estimate of drug-likeness (QED) is 0.179. The number of fused-ring (bicyclic) bond motifs is 13. The molecule has 1 heteroatoms. The molecule has 0 aliphatic heterocycles. The van der Waals surface area contributed by atoms with Crippen molar-refractivity contribution in [3.63, 3.8) is 0 Å². The van der Waals surface area contributed by atoms with Gasteiger partial charge in [0.05, 0.1) is 11.5 Å². The topological polar surface area (TPSA) is 3.24 Å². The number of anilines is 2. The second-order valence-corrected chi connectivity index (χ2v) is 15.5. The van der Waals surface area contributed by atoms with Crippen LogP contribution in [0, 0.1) is 0 Å². The zero-order valence-corrected chi connectivity index (χ0v) is 30.1. The maximum absolute atomic E-state index is 2.66. The summed E-state index contributed by atoms with van der Waals surface area (Å²) in [5, 5.41) is 0. The highest BCUT2D eigenvalue weighted by molar-refractivity contribution is 6.00. The Hall–Kier alpha value is -6.18. The van der Waals surface area contributed by atoms with E-state index >= 15 is 0 Å². The van der Waals surface area contributed by atoms with Crippen molar-refractivity contribution in [1.82, 2.24) is 0 Å². The van der Waals surface area contributed by atoms with Crippen molar-refractivity contribution < 1.29 is 0 Å². The molecule has 0 fully saturated rings. The fourth-order valence-electron chi connectivity index (χ4n) is 10.4. The molecule has 0 radical (unpaired) electrons. The van der Waals surface area contributed by atoms with Crippen molar-refractivity contribution in [2.24, 2.45) is 0 Å². The lowest BCUT2D eigenvalue weighted by Crippen LogP contribution is -2.33. The molecular weight excluding hydrogens is 639 g/mol. The second-order valence-electron chi connectivity index (χ2n) is 15.5. The van der Waals surface area contributed by atoms with Crippen LogP contribution >= 0.6 is 0 Å². The van der Waals surface area contributed by atoms with Gasteiger partial charge in [-0.25, -0.2) is 0 Å². The molecule has 1 spiro atoms. The Morgan fingerprint density at radius 2 is 1.04 bits per heavy atom. The van der Waals surface area contributed by atoms with Crippen LogP contribution in [-0.2, 0) is 10.8 Å². The molecule has 53 heavy (non-hydrogen) atoms. The van der Waals surface area contributed by atoms with Crippen LogP contribution in [0.15, 0.2) is 188 Å². The highest BCUT2D eigenvalue weighted by atomic mass is 15.2. The van der Waals surface area contributed by atoms with Gasteiger partial charge in [-0.15, -0.1) is 0 Å². The summed E-state index contributed by atoms with van der Waals surface area (Å²) in [5.41, 5.74) is 20.9. The Morgan fingerprint density at radius 1 is 0.491 bits per heavy atom. The van der Waals surface area contributed by atoms with Crippen LogP contribution < -0.4 is 4.90 Å². The zero-order valence-electron chi connectivity index (χ0n) is 30.1. The van der Waals surface area contributed by atoms with Crippen molar-refractivity contribution in [1.29, 1.82) is 0 Å². The third-order valence-corrected chi connectivity index (χ3v) is 12.6. The van der Waals surface area contributed by atoms with Gasteiger partial charge < -0.3 is 4.90 Å². The maximum Gasteiger partial charge on any atom is 0.0726 e. The zero-order chi connectivity index (χ0) is 35.3. The summed E-state index contributed by atoms with van der Waals surface area (Å²) >= 11 is 0. The van der Waals surface area contributed by atoms with Gasteiger partial charge in [-0.05, 0) is 97.0 Å². The largest absolute Gasteiger partial charge is 0.334 e. The molecule has 7 aromatic carbocycles. The number of benzene rings is 7. The lowest BCUT2D eigenvalue weighted by molar-refractivity contribution is 0.644. The molecule has 1 atom stereocenters. The van der Waals surface area contributed by atoms with Crippen molar-refractivity contribution in [2.75, 3.05) is 4.90 Å². The Kier molecular flexibility index (Phi) is 6.41. The first-order chi connectivity index (χ1) is 26.1. The van der Waals surface area contributed by atoms with Gasteiger partial charge in [0.2, 0.25) is 0 Å². The predicted molar refractivity (Wildman–Crippen MR) is 221 cm³/mol. The van der Waals surface area contributed by atoms with Gasteiger partial charge in [-0.1, -0.05) is 178 Å². The van der Waals surface area contributed by atoms with Crippen molar-refractivity contribution in [2.45, 2.75) is 37.1 Å². The van der Waals surface area contributed by atoms with E-state index in [1.807, 2.05) is 0 Å². The van der Waals surface area contributed by atoms with Gasteiger partial charge >= 0.3 is 0 Å². The highest BCUT2D eigenvalue weighted by Gasteiger charge is 2.52. The third-order valence-electron chi connectivity index (χ3n) is 12.6. The fourth-order valence-corrected chi connectivity index (χ4v) is 10.4. The van der Waals surface area contributed by atoms with E-state index in [0.717, 1.165) is 6.42 Å². The van der Waals surface area contributed by atoms with Gasteiger partial charge in [0, 0.05) is 22.4 Å². The van der Waals surface area contributed by atoms with Gasteiger partial charge in [0.1, 0.15) is 0 Å². The average molecular weight is 678 g/mol. The first-order valence-corrected chi connectivity index (χ1v) is 19.0. The van der Waals surface area contributed by atoms with Crippen molar-refractivity contribution in [3.05, 3.63) is 221 Å². The van der Waals surface area contributed by atoms with E-state index in [9.17, 15) is 0 Å². The molecule has 4 aliphatic rings. The van der Waals surface area contributed by atoms with Crippen LogP contribution in [-0.4, -0.2) is 6.04 Å². The molecule has 1 nitrogen and oxygen atoms in total. The minimum atomic E-state index is -0.389. The minimum Gasteiger partial charge on any atom is -0.334 e.